The summed E-state index contributed by atoms with van der Waals surface area (Å²) in [6, 6.07) is 8.71. The van der Waals surface area contributed by atoms with E-state index in [-0.39, 0.29) is 28.9 Å². The Labute approximate surface area is 223 Å². The Kier molecular flexibility index (Phi) is 9.50. The van der Waals surface area contributed by atoms with E-state index in [9.17, 15) is 9.59 Å². The molecule has 0 bridgehead atoms. The van der Waals surface area contributed by atoms with Gasteiger partial charge in [-0.2, -0.15) is 9.78 Å². The van der Waals surface area contributed by atoms with Crippen LogP contribution in [-0.2, 0) is 9.53 Å². The molecule has 3 aromatic rings. The number of halogens is 2. The molecule has 10 heteroatoms. The van der Waals surface area contributed by atoms with Crippen LogP contribution in [0.3, 0.4) is 0 Å². The fourth-order valence-electron chi connectivity index (χ4n) is 3.43. The van der Waals surface area contributed by atoms with Crippen LogP contribution in [0.1, 0.15) is 58.3 Å². The van der Waals surface area contributed by atoms with E-state index in [1.54, 1.807) is 32.0 Å². The van der Waals surface area contributed by atoms with Gasteiger partial charge < -0.3 is 14.2 Å². The lowest BCUT2D eigenvalue weighted by atomic mass is 10.1. The van der Waals surface area contributed by atoms with Crippen LogP contribution in [-0.4, -0.2) is 41.2 Å². The molecule has 2 atom stereocenters. The van der Waals surface area contributed by atoms with Crippen molar-refractivity contribution in [1.82, 2.24) is 9.66 Å². The van der Waals surface area contributed by atoms with Crippen molar-refractivity contribution in [1.29, 1.82) is 0 Å². The summed E-state index contributed by atoms with van der Waals surface area (Å²) in [6.07, 6.45) is 1.43. The highest BCUT2D eigenvalue weighted by atomic mass is 79.9. The van der Waals surface area contributed by atoms with Crippen molar-refractivity contribution in [2.75, 3.05) is 13.2 Å². The molecule has 0 aliphatic carbocycles. The van der Waals surface area contributed by atoms with E-state index in [0.29, 0.717) is 34.6 Å². The van der Waals surface area contributed by atoms with E-state index in [2.05, 4.69) is 21.0 Å². The van der Waals surface area contributed by atoms with Crippen molar-refractivity contribution in [3.8, 4) is 11.5 Å². The van der Waals surface area contributed by atoms with E-state index in [1.165, 1.54) is 10.9 Å². The molecule has 0 saturated carbocycles. The highest BCUT2D eigenvalue weighted by molar-refractivity contribution is 9.10. The van der Waals surface area contributed by atoms with Gasteiger partial charge in [-0.25, -0.2) is 9.78 Å². The number of benzene rings is 2. The zero-order valence-corrected chi connectivity index (χ0v) is 23.2. The maximum atomic E-state index is 13.3. The van der Waals surface area contributed by atoms with Crippen LogP contribution < -0.4 is 15.0 Å². The van der Waals surface area contributed by atoms with Crippen LogP contribution in [0.4, 0.5) is 0 Å². The highest BCUT2D eigenvalue weighted by Crippen LogP contribution is 2.37. The molecule has 0 N–H and O–H groups in total. The number of aromatic nitrogens is 2. The summed E-state index contributed by atoms with van der Waals surface area (Å²) in [5, 5.41) is 5.17. The second-order valence-corrected chi connectivity index (χ2v) is 9.40. The molecule has 8 nitrogen and oxygen atoms in total. The Balaban J connectivity index is 2.06. The normalized spacial score (nSPS) is 13.1. The molecule has 0 unspecified atom stereocenters. The third-order valence-electron chi connectivity index (χ3n) is 5.45. The molecule has 0 radical (unpaired) electrons. The zero-order chi connectivity index (χ0) is 26.4. The minimum absolute atomic E-state index is 0.00520. The Bertz CT molecular complexity index is 1340. The lowest BCUT2D eigenvalue weighted by molar-refractivity contribution is -0.150. The monoisotopic (exact) mass is 577 g/mol. The van der Waals surface area contributed by atoms with Crippen LogP contribution >= 0.6 is 27.5 Å². The smallest absolute Gasteiger partial charge is 0.347 e. The van der Waals surface area contributed by atoms with Gasteiger partial charge in [-0.3, -0.25) is 4.79 Å². The minimum atomic E-state index is -0.874. The topological polar surface area (TPSA) is 92.0 Å². The number of esters is 1. The highest BCUT2D eigenvalue weighted by Gasteiger charge is 2.21. The van der Waals surface area contributed by atoms with Crippen molar-refractivity contribution < 1.29 is 19.0 Å². The second kappa shape index (κ2) is 12.4. The van der Waals surface area contributed by atoms with Gasteiger partial charge in [0.15, 0.2) is 17.6 Å². The summed E-state index contributed by atoms with van der Waals surface area (Å²) in [5.74, 6) is 0.635. The quantitative estimate of drug-likeness (QED) is 0.218. The van der Waals surface area contributed by atoms with Gasteiger partial charge in [0.05, 0.1) is 35.4 Å². The Morgan fingerprint density at radius 2 is 1.94 bits per heavy atom. The summed E-state index contributed by atoms with van der Waals surface area (Å²) in [4.78, 5) is 30.1. The van der Waals surface area contributed by atoms with E-state index < -0.39 is 12.1 Å². The molecule has 0 saturated heterocycles. The summed E-state index contributed by atoms with van der Waals surface area (Å²) in [6.45, 7) is 9.74. The summed E-state index contributed by atoms with van der Waals surface area (Å²) in [7, 11) is 0. The van der Waals surface area contributed by atoms with Crippen molar-refractivity contribution in [3.63, 3.8) is 0 Å². The molecular weight excluding hydrogens is 550 g/mol. The number of carbonyl (C=O) groups is 1. The molecule has 3 rings (SSSR count). The summed E-state index contributed by atoms with van der Waals surface area (Å²) >= 11 is 9.92. The average Bonchev–Trinajstić information content (AvgIpc) is 2.85. The molecule has 0 amide bonds. The number of fused-ring (bicyclic) bond motifs is 1. The molecule has 0 aliphatic rings. The predicted octanol–water partition coefficient (Wildman–Crippen LogP) is 5.94. The Morgan fingerprint density at radius 3 is 2.61 bits per heavy atom. The van der Waals surface area contributed by atoms with Crippen LogP contribution in [0.15, 0.2) is 44.7 Å². The molecule has 1 aromatic heterocycles. The van der Waals surface area contributed by atoms with Crippen LogP contribution in [0.2, 0.25) is 5.02 Å². The van der Waals surface area contributed by atoms with Crippen LogP contribution in [0.25, 0.3) is 10.9 Å². The lowest BCUT2D eigenvalue weighted by Crippen LogP contribution is -2.26. The maximum absolute atomic E-state index is 13.3. The summed E-state index contributed by atoms with van der Waals surface area (Å²) < 4.78 is 18.6. The van der Waals surface area contributed by atoms with E-state index in [1.807, 2.05) is 32.9 Å². The number of hydrogen-bond donors (Lipinski definition) is 0. The van der Waals surface area contributed by atoms with E-state index >= 15 is 0 Å². The average molecular weight is 579 g/mol. The molecular formula is C26H29BrClN3O5. The molecule has 0 fully saturated rings. The van der Waals surface area contributed by atoms with Gasteiger partial charge in [0.25, 0.3) is 5.56 Å². The van der Waals surface area contributed by atoms with Crippen molar-refractivity contribution in [2.45, 2.75) is 53.1 Å². The first-order valence-corrected chi connectivity index (χ1v) is 12.9. The summed E-state index contributed by atoms with van der Waals surface area (Å²) in [5.41, 5.74) is 0.923. The van der Waals surface area contributed by atoms with Crippen LogP contribution in [0, 0.1) is 0 Å². The fraction of sp³-hybridized carbons (Fsp3) is 0.385. The maximum Gasteiger partial charge on any atom is 0.347 e. The molecule has 0 aliphatic heterocycles. The molecule has 192 valence electrons. The molecule has 36 heavy (non-hydrogen) atoms. The SMILES string of the molecule is CCOC(=O)[C@H](C)Oc1c(Cl)cc(C=Nn2c([C@H](C)CC)nc3ccc(Br)cc3c2=O)cc1OCC. The zero-order valence-electron chi connectivity index (χ0n) is 20.9. The van der Waals surface area contributed by atoms with Gasteiger partial charge in [0.1, 0.15) is 5.82 Å². The van der Waals surface area contributed by atoms with E-state index in [0.717, 1.165) is 10.9 Å². The third-order valence-corrected chi connectivity index (χ3v) is 6.23. The number of ether oxygens (including phenoxy) is 3. The largest absolute Gasteiger partial charge is 0.490 e. The molecule has 2 aromatic carbocycles. The first-order chi connectivity index (χ1) is 17.2. The number of carbonyl (C=O) groups excluding carboxylic acids is 1. The number of rotatable bonds is 10. The van der Waals surface area contributed by atoms with Gasteiger partial charge in [-0.05, 0) is 63.1 Å². The van der Waals surface area contributed by atoms with E-state index in [4.69, 9.17) is 30.8 Å². The van der Waals surface area contributed by atoms with Gasteiger partial charge in [-0.1, -0.05) is 41.4 Å². The van der Waals surface area contributed by atoms with Gasteiger partial charge in [0, 0.05) is 10.4 Å². The van der Waals surface area contributed by atoms with Crippen molar-refractivity contribution in [2.24, 2.45) is 5.10 Å². The first-order valence-electron chi connectivity index (χ1n) is 11.8. The first kappa shape index (κ1) is 27.7. The molecule has 1 heterocycles. The molecule has 0 spiro atoms. The van der Waals surface area contributed by atoms with Crippen molar-refractivity contribution >= 4 is 50.6 Å². The standard InChI is InChI=1S/C26H29BrClN3O5/c1-6-15(4)24-30-21-10-9-18(27)13-19(21)25(32)31(24)29-14-17-11-20(28)23(22(12-17)34-7-2)36-16(5)26(33)35-8-3/h9-16H,6-8H2,1-5H3/t15-,16+/m1/s1. The predicted molar refractivity (Wildman–Crippen MR) is 145 cm³/mol. The number of nitrogens with zero attached hydrogens (tertiary/aromatic N) is 3. The van der Waals surface area contributed by atoms with Gasteiger partial charge in [-0.15, -0.1) is 0 Å². The van der Waals surface area contributed by atoms with Gasteiger partial charge in [0.2, 0.25) is 0 Å². The van der Waals surface area contributed by atoms with Crippen molar-refractivity contribution in [3.05, 3.63) is 61.6 Å². The second-order valence-electron chi connectivity index (χ2n) is 8.08. The third kappa shape index (κ3) is 6.25. The van der Waals surface area contributed by atoms with Crippen LogP contribution in [0.5, 0.6) is 11.5 Å². The lowest BCUT2D eigenvalue weighted by Gasteiger charge is -2.18. The Hall–Kier alpha value is -2.91. The fourth-order valence-corrected chi connectivity index (χ4v) is 4.05. The number of hydrogen-bond acceptors (Lipinski definition) is 7. The Morgan fingerprint density at radius 1 is 1.19 bits per heavy atom. The van der Waals surface area contributed by atoms with Gasteiger partial charge >= 0.3 is 5.97 Å². The minimum Gasteiger partial charge on any atom is -0.490 e.